The van der Waals surface area contributed by atoms with Gasteiger partial charge in [-0.05, 0) is 31.8 Å². The van der Waals surface area contributed by atoms with Gasteiger partial charge in [-0.25, -0.2) is 0 Å². The zero-order valence-electron chi connectivity index (χ0n) is 11.6. The molecule has 2 rings (SSSR count). The highest BCUT2D eigenvalue weighted by Crippen LogP contribution is 2.14. The van der Waals surface area contributed by atoms with E-state index < -0.39 is 0 Å². The van der Waals surface area contributed by atoms with E-state index >= 15 is 0 Å². The van der Waals surface area contributed by atoms with Crippen molar-refractivity contribution in [2.75, 3.05) is 33.7 Å². The molecule has 0 radical (unpaired) electrons. The number of piperazine rings is 1. The molecule has 1 saturated heterocycles. The summed E-state index contributed by atoms with van der Waals surface area (Å²) in [6.45, 7) is 3.13. The maximum absolute atomic E-state index is 12.2. The van der Waals surface area contributed by atoms with Gasteiger partial charge >= 0.3 is 0 Å². The lowest BCUT2D eigenvalue weighted by molar-refractivity contribution is -0.120. The van der Waals surface area contributed by atoms with Gasteiger partial charge in [-0.2, -0.15) is 0 Å². The molecule has 0 spiro atoms. The van der Waals surface area contributed by atoms with Gasteiger partial charge in [0, 0.05) is 43.0 Å². The minimum Gasteiger partial charge on any atom is -0.304 e. The number of likely N-dealkylation sites (N-methyl/N-ethyl adjacent to an activating group) is 2. The second kappa shape index (κ2) is 6.64. The topological polar surface area (TPSA) is 23.6 Å². The van der Waals surface area contributed by atoms with E-state index in [0.29, 0.717) is 24.7 Å². The van der Waals surface area contributed by atoms with Gasteiger partial charge in [-0.3, -0.25) is 4.79 Å². The van der Waals surface area contributed by atoms with Crippen LogP contribution >= 0.6 is 15.9 Å². The average molecular weight is 325 g/mol. The van der Waals surface area contributed by atoms with Crippen LogP contribution in [0.4, 0.5) is 0 Å². The number of halogens is 1. The Bertz CT molecular complexity index is 432. The first kappa shape index (κ1) is 14.7. The molecule has 4 heteroatoms. The van der Waals surface area contributed by atoms with Crippen molar-refractivity contribution >= 4 is 21.7 Å². The second-order valence-electron chi connectivity index (χ2n) is 5.44. The van der Waals surface area contributed by atoms with Crippen LogP contribution in [-0.2, 0) is 11.2 Å². The number of ketones is 1. The predicted molar refractivity (Wildman–Crippen MR) is 81.4 cm³/mol. The fraction of sp³-hybridized carbons (Fsp3) is 0.533. The van der Waals surface area contributed by atoms with Gasteiger partial charge in [-0.15, -0.1) is 0 Å². The van der Waals surface area contributed by atoms with Gasteiger partial charge in [0.25, 0.3) is 0 Å². The Morgan fingerprint density at radius 3 is 2.63 bits per heavy atom. The van der Waals surface area contributed by atoms with E-state index in [2.05, 4.69) is 39.8 Å². The molecule has 0 aliphatic carbocycles. The van der Waals surface area contributed by atoms with Gasteiger partial charge in [-0.1, -0.05) is 28.1 Å². The van der Waals surface area contributed by atoms with Crippen LogP contribution in [0.25, 0.3) is 0 Å². The van der Waals surface area contributed by atoms with Crippen molar-refractivity contribution < 1.29 is 4.79 Å². The molecule has 0 saturated carbocycles. The summed E-state index contributed by atoms with van der Waals surface area (Å²) in [5, 5.41) is 0. The third-order valence-electron chi connectivity index (χ3n) is 3.76. The van der Waals surface area contributed by atoms with Crippen molar-refractivity contribution in [2.24, 2.45) is 0 Å². The third-order valence-corrected chi connectivity index (χ3v) is 4.29. The lowest BCUT2D eigenvalue weighted by Crippen LogP contribution is -2.50. The number of carbonyl (C=O) groups is 1. The Morgan fingerprint density at radius 1 is 1.26 bits per heavy atom. The Balaban J connectivity index is 1.88. The van der Waals surface area contributed by atoms with Gasteiger partial charge in [0.2, 0.25) is 0 Å². The fourth-order valence-corrected chi connectivity index (χ4v) is 2.75. The molecule has 0 aromatic heterocycles. The zero-order chi connectivity index (χ0) is 13.8. The average Bonchev–Trinajstić information content (AvgIpc) is 2.37. The van der Waals surface area contributed by atoms with Crippen LogP contribution in [0, 0.1) is 0 Å². The van der Waals surface area contributed by atoms with Crippen LogP contribution in [0.2, 0.25) is 0 Å². The predicted octanol–water partition coefficient (Wildman–Crippen LogP) is 2.20. The van der Waals surface area contributed by atoms with E-state index in [1.807, 2.05) is 24.3 Å². The van der Waals surface area contributed by atoms with Crippen molar-refractivity contribution in [2.45, 2.75) is 18.9 Å². The molecule has 1 atom stereocenters. The number of carbonyl (C=O) groups excluding carboxylic acids is 1. The molecule has 1 aliphatic rings. The number of hydrogen-bond donors (Lipinski definition) is 0. The maximum Gasteiger partial charge on any atom is 0.138 e. The Kier molecular flexibility index (Phi) is 5.13. The van der Waals surface area contributed by atoms with Crippen molar-refractivity contribution in [1.82, 2.24) is 9.80 Å². The van der Waals surface area contributed by atoms with Crippen LogP contribution in [0.1, 0.15) is 12.0 Å². The van der Waals surface area contributed by atoms with Crippen molar-refractivity contribution in [3.05, 3.63) is 34.3 Å². The van der Waals surface area contributed by atoms with Gasteiger partial charge in [0.05, 0.1) is 0 Å². The maximum atomic E-state index is 12.2. The lowest BCUT2D eigenvalue weighted by atomic mass is 10.0. The first-order chi connectivity index (χ1) is 9.04. The molecule has 0 N–H and O–H groups in total. The van der Waals surface area contributed by atoms with E-state index in [4.69, 9.17) is 0 Å². The van der Waals surface area contributed by atoms with Crippen molar-refractivity contribution in [3.63, 3.8) is 0 Å². The van der Waals surface area contributed by atoms with Gasteiger partial charge in [0.15, 0.2) is 0 Å². The number of rotatable bonds is 4. The molecule has 1 unspecified atom stereocenters. The first-order valence-corrected chi connectivity index (χ1v) is 7.49. The van der Waals surface area contributed by atoms with Crippen molar-refractivity contribution in [1.29, 1.82) is 0 Å². The fourth-order valence-electron chi connectivity index (χ4n) is 2.49. The van der Waals surface area contributed by atoms with Crippen LogP contribution < -0.4 is 0 Å². The Labute approximate surface area is 123 Å². The molecule has 1 fully saturated rings. The summed E-state index contributed by atoms with van der Waals surface area (Å²) in [6, 6.07) is 8.37. The molecule has 0 amide bonds. The number of hydrogen-bond acceptors (Lipinski definition) is 3. The van der Waals surface area contributed by atoms with E-state index in [9.17, 15) is 4.79 Å². The minimum absolute atomic E-state index is 0.328. The summed E-state index contributed by atoms with van der Waals surface area (Å²) in [5.41, 5.74) is 1.10. The molecule has 1 heterocycles. The molecule has 0 bridgehead atoms. The molecule has 1 aliphatic heterocycles. The Hall–Kier alpha value is -0.710. The molecule has 1 aromatic rings. The summed E-state index contributed by atoms with van der Waals surface area (Å²) in [5.74, 6) is 0.328. The molecule has 19 heavy (non-hydrogen) atoms. The molecule has 3 nitrogen and oxygen atoms in total. The second-order valence-corrected chi connectivity index (χ2v) is 6.36. The molecular formula is C15H21BrN2O. The summed E-state index contributed by atoms with van der Waals surface area (Å²) in [6.07, 6.45) is 1.19. The minimum atomic E-state index is 0.328. The van der Waals surface area contributed by atoms with E-state index in [1.165, 1.54) is 0 Å². The quantitative estimate of drug-likeness (QED) is 0.848. The summed E-state index contributed by atoms with van der Waals surface area (Å²) in [7, 11) is 4.24. The van der Waals surface area contributed by atoms with Crippen LogP contribution in [0.15, 0.2) is 28.7 Å². The van der Waals surface area contributed by atoms with E-state index in [0.717, 1.165) is 29.7 Å². The highest BCUT2D eigenvalue weighted by molar-refractivity contribution is 9.10. The smallest absolute Gasteiger partial charge is 0.138 e. The molecular weight excluding hydrogens is 304 g/mol. The highest BCUT2D eigenvalue weighted by Gasteiger charge is 2.24. The van der Waals surface area contributed by atoms with Gasteiger partial charge < -0.3 is 9.80 Å². The SMILES string of the molecule is CN1CCN(C)C(CC(=O)Cc2ccc(Br)cc2)C1. The number of benzene rings is 1. The van der Waals surface area contributed by atoms with Crippen molar-refractivity contribution in [3.8, 4) is 0 Å². The standard InChI is InChI=1S/C15H21BrN2O/c1-17-7-8-18(2)14(11-17)10-15(19)9-12-3-5-13(16)6-4-12/h3-6,14H,7-11H2,1-2H3. The molecule has 1 aromatic carbocycles. The first-order valence-electron chi connectivity index (χ1n) is 6.69. The number of nitrogens with zero attached hydrogens (tertiary/aromatic N) is 2. The monoisotopic (exact) mass is 324 g/mol. The van der Waals surface area contributed by atoms with Gasteiger partial charge in [0.1, 0.15) is 5.78 Å². The molecule has 104 valence electrons. The summed E-state index contributed by atoms with van der Waals surface area (Å²) >= 11 is 3.41. The summed E-state index contributed by atoms with van der Waals surface area (Å²) < 4.78 is 1.05. The highest BCUT2D eigenvalue weighted by atomic mass is 79.9. The van der Waals surface area contributed by atoms with Crippen LogP contribution in [-0.4, -0.2) is 55.4 Å². The third kappa shape index (κ3) is 4.41. The Morgan fingerprint density at radius 2 is 1.95 bits per heavy atom. The zero-order valence-corrected chi connectivity index (χ0v) is 13.2. The summed E-state index contributed by atoms with van der Waals surface area (Å²) in [4.78, 5) is 16.8. The van der Waals surface area contributed by atoms with E-state index in [-0.39, 0.29) is 0 Å². The largest absolute Gasteiger partial charge is 0.304 e. The van der Waals surface area contributed by atoms with Crippen LogP contribution in [0.5, 0.6) is 0 Å². The van der Waals surface area contributed by atoms with E-state index in [1.54, 1.807) is 0 Å². The van der Waals surface area contributed by atoms with Crippen LogP contribution in [0.3, 0.4) is 0 Å². The normalized spacial score (nSPS) is 21.5. The number of Topliss-reactive ketones (excluding diaryl/α,β-unsaturated/α-hetero) is 1. The lowest BCUT2D eigenvalue weighted by Gasteiger charge is -2.37.